The van der Waals surface area contributed by atoms with Crippen LogP contribution in [0, 0.1) is 5.82 Å². The number of rotatable bonds is 3. The molecule has 1 aliphatic heterocycles. The molecule has 2 fully saturated rings. The normalized spacial score (nSPS) is 21.4. The molecule has 1 aliphatic carbocycles. The highest BCUT2D eigenvalue weighted by Gasteiger charge is 2.26. The van der Waals surface area contributed by atoms with Gasteiger partial charge in [-0.25, -0.2) is 4.39 Å². The van der Waals surface area contributed by atoms with Crippen molar-refractivity contribution in [1.29, 1.82) is 0 Å². The maximum absolute atomic E-state index is 14.3. The molecular weight excluding hydrogens is 263 g/mol. The molecule has 0 amide bonds. The van der Waals surface area contributed by atoms with Crippen molar-refractivity contribution in [2.75, 3.05) is 31.1 Å². The minimum atomic E-state index is -0.0597. The summed E-state index contributed by atoms with van der Waals surface area (Å²) in [5.74, 6) is 0.322. The van der Waals surface area contributed by atoms with E-state index in [9.17, 15) is 4.39 Å². The average molecular weight is 290 g/mol. The van der Waals surface area contributed by atoms with E-state index < -0.39 is 0 Å². The predicted octanol–water partition coefficient (Wildman–Crippen LogP) is 4.01. The Kier molecular flexibility index (Phi) is 4.48. The molecule has 3 heteroatoms. The van der Waals surface area contributed by atoms with Gasteiger partial charge in [0.05, 0.1) is 5.69 Å². The van der Waals surface area contributed by atoms with Crippen LogP contribution in [-0.4, -0.2) is 37.1 Å². The smallest absolute Gasteiger partial charge is 0.146 e. The first-order valence-corrected chi connectivity index (χ1v) is 8.43. The van der Waals surface area contributed by atoms with Crippen molar-refractivity contribution in [3.05, 3.63) is 29.6 Å². The Morgan fingerprint density at radius 3 is 2.29 bits per heavy atom. The molecule has 1 aromatic carbocycles. The van der Waals surface area contributed by atoms with Gasteiger partial charge in [-0.15, -0.1) is 0 Å². The molecule has 2 aliphatic rings. The van der Waals surface area contributed by atoms with Gasteiger partial charge in [-0.1, -0.05) is 32.8 Å². The van der Waals surface area contributed by atoms with Crippen LogP contribution >= 0.6 is 0 Å². The van der Waals surface area contributed by atoms with Gasteiger partial charge in [0.1, 0.15) is 5.82 Å². The fourth-order valence-electron chi connectivity index (χ4n) is 3.74. The minimum Gasteiger partial charge on any atom is -0.367 e. The van der Waals surface area contributed by atoms with Crippen molar-refractivity contribution < 1.29 is 4.39 Å². The van der Waals surface area contributed by atoms with E-state index in [4.69, 9.17) is 0 Å². The monoisotopic (exact) mass is 290 g/mol. The van der Waals surface area contributed by atoms with Gasteiger partial charge in [0.15, 0.2) is 0 Å². The first kappa shape index (κ1) is 14.8. The molecule has 0 aromatic heterocycles. The van der Waals surface area contributed by atoms with Gasteiger partial charge in [0, 0.05) is 32.2 Å². The Hall–Kier alpha value is -1.09. The van der Waals surface area contributed by atoms with Crippen LogP contribution in [0.1, 0.15) is 51.0 Å². The number of hydrogen-bond acceptors (Lipinski definition) is 2. The van der Waals surface area contributed by atoms with Crippen LogP contribution in [0.15, 0.2) is 18.2 Å². The first-order valence-electron chi connectivity index (χ1n) is 8.43. The maximum atomic E-state index is 14.3. The topological polar surface area (TPSA) is 6.48 Å². The third-order valence-corrected chi connectivity index (χ3v) is 5.13. The molecule has 0 N–H and O–H groups in total. The van der Waals surface area contributed by atoms with Crippen LogP contribution in [0.5, 0.6) is 0 Å². The standard InChI is InChI=1S/C18H27FN2/c1-14(2)15-7-8-18(17(19)13-15)21-11-9-20(10-12-21)16-5-3-4-6-16/h7-8,13-14,16H,3-6,9-12H2,1-2H3. The van der Waals surface area contributed by atoms with Crippen molar-refractivity contribution in [3.63, 3.8) is 0 Å². The number of piperazine rings is 1. The highest BCUT2D eigenvalue weighted by atomic mass is 19.1. The molecule has 116 valence electrons. The molecule has 3 rings (SSSR count). The van der Waals surface area contributed by atoms with Gasteiger partial charge in [0.25, 0.3) is 0 Å². The Morgan fingerprint density at radius 2 is 1.71 bits per heavy atom. The Balaban J connectivity index is 1.63. The number of anilines is 1. The van der Waals surface area contributed by atoms with Gasteiger partial charge in [-0.05, 0) is 36.5 Å². The van der Waals surface area contributed by atoms with Crippen LogP contribution in [0.2, 0.25) is 0 Å². The lowest BCUT2D eigenvalue weighted by atomic mass is 10.0. The van der Waals surface area contributed by atoms with E-state index in [1.165, 1.54) is 25.7 Å². The van der Waals surface area contributed by atoms with Crippen molar-refractivity contribution in [1.82, 2.24) is 4.90 Å². The SMILES string of the molecule is CC(C)c1ccc(N2CCN(C3CCCC3)CC2)c(F)c1. The molecule has 1 heterocycles. The lowest BCUT2D eigenvalue weighted by molar-refractivity contribution is 0.187. The van der Waals surface area contributed by atoms with Crippen molar-refractivity contribution >= 4 is 5.69 Å². The molecule has 1 saturated carbocycles. The van der Waals surface area contributed by atoms with Crippen LogP contribution < -0.4 is 4.90 Å². The minimum absolute atomic E-state index is 0.0597. The zero-order valence-electron chi connectivity index (χ0n) is 13.3. The zero-order valence-corrected chi connectivity index (χ0v) is 13.3. The highest BCUT2D eigenvalue weighted by Crippen LogP contribution is 2.28. The van der Waals surface area contributed by atoms with E-state index in [1.54, 1.807) is 6.07 Å². The lowest BCUT2D eigenvalue weighted by Crippen LogP contribution is -2.50. The predicted molar refractivity (Wildman–Crippen MR) is 86.5 cm³/mol. The van der Waals surface area contributed by atoms with Gasteiger partial charge < -0.3 is 4.90 Å². The van der Waals surface area contributed by atoms with Crippen LogP contribution in [0.4, 0.5) is 10.1 Å². The van der Waals surface area contributed by atoms with E-state index in [-0.39, 0.29) is 5.82 Å². The molecule has 0 atom stereocenters. The molecule has 21 heavy (non-hydrogen) atoms. The Morgan fingerprint density at radius 1 is 1.05 bits per heavy atom. The second-order valence-corrected chi connectivity index (χ2v) is 6.83. The quantitative estimate of drug-likeness (QED) is 0.830. The highest BCUT2D eigenvalue weighted by molar-refractivity contribution is 5.50. The Labute approximate surface area is 127 Å². The van der Waals surface area contributed by atoms with Crippen LogP contribution in [0.25, 0.3) is 0 Å². The number of hydrogen-bond donors (Lipinski definition) is 0. The number of halogens is 1. The van der Waals surface area contributed by atoms with E-state index in [1.807, 2.05) is 6.07 Å². The molecular formula is C18H27FN2. The lowest BCUT2D eigenvalue weighted by Gasteiger charge is -2.39. The van der Waals surface area contributed by atoms with Gasteiger partial charge in [-0.2, -0.15) is 0 Å². The summed E-state index contributed by atoms with van der Waals surface area (Å²) in [4.78, 5) is 4.83. The molecule has 1 saturated heterocycles. The summed E-state index contributed by atoms with van der Waals surface area (Å²) in [6.07, 6.45) is 5.49. The average Bonchev–Trinajstić information content (AvgIpc) is 3.01. The summed E-state index contributed by atoms with van der Waals surface area (Å²) in [5.41, 5.74) is 1.87. The summed E-state index contributed by atoms with van der Waals surface area (Å²) in [6, 6.07) is 6.55. The fourth-order valence-corrected chi connectivity index (χ4v) is 3.74. The first-order chi connectivity index (χ1) is 10.1. The molecule has 1 aromatic rings. The summed E-state index contributed by atoms with van der Waals surface area (Å²) in [5, 5.41) is 0. The van der Waals surface area contributed by atoms with Gasteiger partial charge in [-0.3, -0.25) is 4.90 Å². The number of benzene rings is 1. The number of nitrogens with zero attached hydrogens (tertiary/aromatic N) is 2. The van der Waals surface area contributed by atoms with E-state index in [2.05, 4.69) is 29.7 Å². The summed E-state index contributed by atoms with van der Waals surface area (Å²) in [7, 11) is 0. The molecule has 0 unspecified atom stereocenters. The molecule has 0 radical (unpaired) electrons. The van der Waals surface area contributed by atoms with Crippen LogP contribution in [-0.2, 0) is 0 Å². The Bertz CT molecular complexity index is 472. The van der Waals surface area contributed by atoms with Gasteiger partial charge in [0.2, 0.25) is 0 Å². The third kappa shape index (κ3) is 3.23. The van der Waals surface area contributed by atoms with E-state index in [0.29, 0.717) is 5.92 Å². The summed E-state index contributed by atoms with van der Waals surface area (Å²) in [6.45, 7) is 8.28. The summed E-state index contributed by atoms with van der Waals surface area (Å²) >= 11 is 0. The van der Waals surface area contributed by atoms with E-state index in [0.717, 1.165) is 43.5 Å². The second-order valence-electron chi connectivity index (χ2n) is 6.83. The second kappa shape index (κ2) is 6.35. The van der Waals surface area contributed by atoms with E-state index >= 15 is 0 Å². The summed E-state index contributed by atoms with van der Waals surface area (Å²) < 4.78 is 14.3. The third-order valence-electron chi connectivity index (χ3n) is 5.13. The van der Waals surface area contributed by atoms with Crippen molar-refractivity contribution in [3.8, 4) is 0 Å². The molecule has 0 bridgehead atoms. The largest absolute Gasteiger partial charge is 0.367 e. The fraction of sp³-hybridized carbons (Fsp3) is 0.667. The molecule has 0 spiro atoms. The zero-order chi connectivity index (χ0) is 14.8. The van der Waals surface area contributed by atoms with Crippen molar-refractivity contribution in [2.24, 2.45) is 0 Å². The van der Waals surface area contributed by atoms with Gasteiger partial charge >= 0.3 is 0 Å². The van der Waals surface area contributed by atoms with Crippen molar-refractivity contribution in [2.45, 2.75) is 51.5 Å². The maximum Gasteiger partial charge on any atom is 0.146 e. The molecule has 2 nitrogen and oxygen atoms in total. The van der Waals surface area contributed by atoms with Crippen LogP contribution in [0.3, 0.4) is 0 Å².